The predicted octanol–water partition coefficient (Wildman–Crippen LogP) is 9.82. The van der Waals surface area contributed by atoms with Crippen LogP contribution in [-0.4, -0.2) is 14.2 Å². The molecule has 5 aromatic rings. The molecular formula is C37H33NO2. The zero-order valence-electron chi connectivity index (χ0n) is 23.1. The standard InChI is InChI=1S/C37H33NO2/c1-28-4-18-33(19-5-28)38(34-20-10-29(11-21-34)6-8-31-14-24-36(39-2)25-15-31)35-22-12-30(13-23-35)7-9-32-16-26-37(40-3)27-17-32/h4-27H,1-3H3/b8-6+,9-7+. The second-order valence-electron chi connectivity index (χ2n) is 9.57. The summed E-state index contributed by atoms with van der Waals surface area (Å²) in [4.78, 5) is 2.29. The van der Waals surface area contributed by atoms with Crippen LogP contribution >= 0.6 is 0 Å². The Hall–Kier alpha value is -5.02. The molecule has 0 saturated carbocycles. The maximum Gasteiger partial charge on any atom is 0.118 e. The molecule has 0 bridgehead atoms. The minimum absolute atomic E-state index is 0.860. The monoisotopic (exact) mass is 523 g/mol. The first kappa shape index (κ1) is 26.6. The molecule has 0 fully saturated rings. The smallest absolute Gasteiger partial charge is 0.118 e. The highest BCUT2D eigenvalue weighted by atomic mass is 16.5. The van der Waals surface area contributed by atoms with Gasteiger partial charge in [0, 0.05) is 17.1 Å². The number of rotatable bonds is 9. The molecule has 0 aliphatic rings. The number of ether oxygens (including phenoxy) is 2. The van der Waals surface area contributed by atoms with Crippen LogP contribution in [0.15, 0.2) is 121 Å². The van der Waals surface area contributed by atoms with Gasteiger partial charge in [0.1, 0.15) is 11.5 Å². The number of hydrogen-bond acceptors (Lipinski definition) is 3. The van der Waals surface area contributed by atoms with E-state index in [-0.39, 0.29) is 0 Å². The summed E-state index contributed by atoms with van der Waals surface area (Å²) in [6.45, 7) is 2.11. The van der Waals surface area contributed by atoms with Crippen LogP contribution in [0.5, 0.6) is 11.5 Å². The molecule has 3 heteroatoms. The van der Waals surface area contributed by atoms with Gasteiger partial charge in [-0.15, -0.1) is 0 Å². The predicted molar refractivity (Wildman–Crippen MR) is 170 cm³/mol. The summed E-state index contributed by atoms with van der Waals surface area (Å²) < 4.78 is 10.5. The maximum absolute atomic E-state index is 5.26. The molecule has 0 aliphatic heterocycles. The van der Waals surface area contributed by atoms with Crippen molar-refractivity contribution in [3.63, 3.8) is 0 Å². The fourth-order valence-corrected chi connectivity index (χ4v) is 4.42. The summed E-state index contributed by atoms with van der Waals surface area (Å²) in [5.41, 5.74) is 9.11. The van der Waals surface area contributed by atoms with Gasteiger partial charge in [-0.2, -0.15) is 0 Å². The molecule has 0 amide bonds. The number of nitrogens with zero attached hydrogens (tertiary/aromatic N) is 1. The highest BCUT2D eigenvalue weighted by molar-refractivity contribution is 5.79. The van der Waals surface area contributed by atoms with E-state index in [1.165, 1.54) is 5.56 Å². The van der Waals surface area contributed by atoms with Crippen molar-refractivity contribution in [3.05, 3.63) is 149 Å². The van der Waals surface area contributed by atoms with E-state index in [1.807, 2.05) is 24.3 Å². The van der Waals surface area contributed by atoms with Crippen LogP contribution in [0.25, 0.3) is 24.3 Å². The highest BCUT2D eigenvalue weighted by Crippen LogP contribution is 2.35. The summed E-state index contributed by atoms with van der Waals surface area (Å²) in [6.07, 6.45) is 8.49. The van der Waals surface area contributed by atoms with E-state index in [0.29, 0.717) is 0 Å². The van der Waals surface area contributed by atoms with Crippen molar-refractivity contribution in [1.29, 1.82) is 0 Å². The molecule has 0 radical (unpaired) electrons. The molecule has 40 heavy (non-hydrogen) atoms. The molecule has 0 spiro atoms. The molecule has 0 saturated heterocycles. The Labute approximate surface area is 237 Å². The number of benzene rings is 5. The Kier molecular flexibility index (Phi) is 8.43. The average molecular weight is 524 g/mol. The van der Waals surface area contributed by atoms with Crippen molar-refractivity contribution in [2.45, 2.75) is 6.92 Å². The molecule has 0 unspecified atom stereocenters. The Morgan fingerprint density at radius 2 is 0.675 bits per heavy atom. The Balaban J connectivity index is 1.37. The summed E-state index contributed by atoms with van der Waals surface area (Å²) >= 11 is 0. The third-order valence-electron chi connectivity index (χ3n) is 6.76. The van der Waals surface area contributed by atoms with Gasteiger partial charge in [-0.3, -0.25) is 0 Å². The third kappa shape index (κ3) is 6.69. The molecule has 198 valence electrons. The fraction of sp³-hybridized carbons (Fsp3) is 0.0811. The molecule has 0 atom stereocenters. The Morgan fingerprint density at radius 1 is 0.400 bits per heavy atom. The Bertz CT molecular complexity index is 1460. The van der Waals surface area contributed by atoms with Crippen molar-refractivity contribution in [2.75, 3.05) is 19.1 Å². The topological polar surface area (TPSA) is 21.7 Å². The first-order valence-corrected chi connectivity index (χ1v) is 13.3. The number of methoxy groups -OCH3 is 2. The van der Waals surface area contributed by atoms with Crippen LogP contribution in [0.1, 0.15) is 27.8 Å². The second-order valence-corrected chi connectivity index (χ2v) is 9.57. The molecule has 3 nitrogen and oxygen atoms in total. The van der Waals surface area contributed by atoms with E-state index < -0.39 is 0 Å². The first-order valence-electron chi connectivity index (χ1n) is 13.3. The molecular weight excluding hydrogens is 490 g/mol. The van der Waals surface area contributed by atoms with Crippen LogP contribution in [-0.2, 0) is 0 Å². The van der Waals surface area contributed by atoms with Gasteiger partial charge >= 0.3 is 0 Å². The first-order chi connectivity index (χ1) is 19.6. The van der Waals surface area contributed by atoms with Gasteiger partial charge in [0.25, 0.3) is 0 Å². The zero-order chi connectivity index (χ0) is 27.7. The molecule has 0 aromatic heterocycles. The van der Waals surface area contributed by atoms with Crippen LogP contribution in [0.4, 0.5) is 17.1 Å². The Morgan fingerprint density at radius 3 is 0.975 bits per heavy atom. The minimum Gasteiger partial charge on any atom is -0.497 e. The van der Waals surface area contributed by atoms with E-state index in [1.54, 1.807) is 14.2 Å². The molecule has 5 aromatic carbocycles. The maximum atomic E-state index is 5.26. The van der Waals surface area contributed by atoms with E-state index in [4.69, 9.17) is 9.47 Å². The van der Waals surface area contributed by atoms with Crippen molar-refractivity contribution in [2.24, 2.45) is 0 Å². The summed E-state index contributed by atoms with van der Waals surface area (Å²) in [5, 5.41) is 0. The van der Waals surface area contributed by atoms with Gasteiger partial charge in [-0.05, 0) is 89.8 Å². The van der Waals surface area contributed by atoms with Gasteiger partial charge in [-0.1, -0.05) is 90.5 Å². The van der Waals surface area contributed by atoms with Crippen molar-refractivity contribution >= 4 is 41.4 Å². The van der Waals surface area contributed by atoms with Crippen LogP contribution in [0.2, 0.25) is 0 Å². The van der Waals surface area contributed by atoms with E-state index in [0.717, 1.165) is 50.8 Å². The van der Waals surface area contributed by atoms with Gasteiger partial charge in [0.15, 0.2) is 0 Å². The van der Waals surface area contributed by atoms with Crippen LogP contribution < -0.4 is 14.4 Å². The summed E-state index contributed by atoms with van der Waals surface area (Å²) in [6, 6.07) is 42.1. The lowest BCUT2D eigenvalue weighted by molar-refractivity contribution is 0.414. The van der Waals surface area contributed by atoms with Gasteiger partial charge in [0.2, 0.25) is 0 Å². The van der Waals surface area contributed by atoms with Gasteiger partial charge in [-0.25, -0.2) is 0 Å². The highest BCUT2D eigenvalue weighted by Gasteiger charge is 2.12. The van der Waals surface area contributed by atoms with Gasteiger partial charge < -0.3 is 14.4 Å². The van der Waals surface area contributed by atoms with Crippen molar-refractivity contribution in [3.8, 4) is 11.5 Å². The number of aryl methyl sites for hydroxylation is 1. The molecule has 5 rings (SSSR count). The molecule has 0 aliphatic carbocycles. The number of anilines is 3. The van der Waals surface area contributed by atoms with E-state index >= 15 is 0 Å². The quantitative estimate of drug-likeness (QED) is 0.179. The van der Waals surface area contributed by atoms with E-state index in [9.17, 15) is 0 Å². The SMILES string of the molecule is COc1ccc(/C=C/c2ccc(N(c3ccc(C)cc3)c3ccc(/C=C/c4ccc(OC)cc4)cc3)cc2)cc1. The normalized spacial score (nSPS) is 11.2. The number of hydrogen-bond donors (Lipinski definition) is 0. The van der Waals surface area contributed by atoms with Crippen molar-refractivity contribution < 1.29 is 9.47 Å². The minimum atomic E-state index is 0.860. The molecule has 0 N–H and O–H groups in total. The van der Waals surface area contributed by atoms with Crippen molar-refractivity contribution in [1.82, 2.24) is 0 Å². The average Bonchev–Trinajstić information content (AvgIpc) is 3.02. The third-order valence-corrected chi connectivity index (χ3v) is 6.76. The lowest BCUT2D eigenvalue weighted by Crippen LogP contribution is -2.09. The van der Waals surface area contributed by atoms with Crippen LogP contribution in [0, 0.1) is 6.92 Å². The van der Waals surface area contributed by atoms with Gasteiger partial charge in [0.05, 0.1) is 14.2 Å². The largest absolute Gasteiger partial charge is 0.497 e. The summed E-state index contributed by atoms with van der Waals surface area (Å²) in [7, 11) is 3.36. The molecule has 0 heterocycles. The summed E-state index contributed by atoms with van der Waals surface area (Å²) in [5.74, 6) is 1.72. The zero-order valence-corrected chi connectivity index (χ0v) is 23.1. The second kappa shape index (κ2) is 12.7. The lowest BCUT2D eigenvalue weighted by atomic mass is 10.1. The fourth-order valence-electron chi connectivity index (χ4n) is 4.42. The lowest BCUT2D eigenvalue weighted by Gasteiger charge is -2.26. The van der Waals surface area contributed by atoms with E-state index in [2.05, 4.69) is 133 Å². The van der Waals surface area contributed by atoms with Crippen LogP contribution in [0.3, 0.4) is 0 Å².